The lowest BCUT2D eigenvalue weighted by atomic mass is 10.1. The zero-order valence-corrected chi connectivity index (χ0v) is 8.66. The van der Waals surface area contributed by atoms with Crippen molar-refractivity contribution in [2.45, 2.75) is 13.0 Å². The van der Waals surface area contributed by atoms with Crippen LogP contribution in [-0.4, -0.2) is 13.6 Å². The molecule has 1 aromatic carbocycles. The fraction of sp³-hybridized carbons (Fsp3) is 0.333. The Balaban J connectivity index is 2.54. The standard InChI is InChI=1S/C12H18N2/c1-14-10-12-7-5-11(6-8-12)4-2-3-9-13/h2,4-8,14H,3,9-10,13H2,1H3. The summed E-state index contributed by atoms with van der Waals surface area (Å²) in [5.74, 6) is 0. The summed E-state index contributed by atoms with van der Waals surface area (Å²) in [4.78, 5) is 0. The molecule has 0 spiro atoms. The molecule has 0 fully saturated rings. The molecule has 2 nitrogen and oxygen atoms in total. The molecule has 0 unspecified atom stereocenters. The summed E-state index contributed by atoms with van der Waals surface area (Å²) < 4.78 is 0. The van der Waals surface area contributed by atoms with Crippen LogP contribution in [0.25, 0.3) is 6.08 Å². The largest absolute Gasteiger partial charge is 0.330 e. The van der Waals surface area contributed by atoms with Crippen LogP contribution in [0.4, 0.5) is 0 Å². The Labute approximate surface area is 85.8 Å². The zero-order chi connectivity index (χ0) is 10.2. The van der Waals surface area contributed by atoms with Gasteiger partial charge in [-0.15, -0.1) is 0 Å². The molecule has 0 aliphatic carbocycles. The Morgan fingerprint density at radius 1 is 1.29 bits per heavy atom. The van der Waals surface area contributed by atoms with E-state index in [4.69, 9.17) is 5.73 Å². The molecule has 2 heteroatoms. The van der Waals surface area contributed by atoms with Crippen molar-refractivity contribution < 1.29 is 0 Å². The van der Waals surface area contributed by atoms with Crippen LogP contribution in [0.15, 0.2) is 30.3 Å². The summed E-state index contributed by atoms with van der Waals surface area (Å²) in [6.45, 7) is 1.64. The van der Waals surface area contributed by atoms with Gasteiger partial charge in [0.1, 0.15) is 0 Å². The highest BCUT2D eigenvalue weighted by atomic mass is 14.8. The van der Waals surface area contributed by atoms with Crippen molar-refractivity contribution in [3.63, 3.8) is 0 Å². The monoisotopic (exact) mass is 190 g/mol. The van der Waals surface area contributed by atoms with Crippen LogP contribution >= 0.6 is 0 Å². The van der Waals surface area contributed by atoms with Crippen LogP contribution in [0.2, 0.25) is 0 Å². The number of hydrogen-bond donors (Lipinski definition) is 2. The summed E-state index contributed by atoms with van der Waals surface area (Å²) in [6, 6.07) is 8.52. The number of hydrogen-bond acceptors (Lipinski definition) is 2. The normalized spacial score (nSPS) is 11.0. The predicted octanol–water partition coefficient (Wildman–Crippen LogP) is 1.77. The topological polar surface area (TPSA) is 38.0 Å². The van der Waals surface area contributed by atoms with E-state index >= 15 is 0 Å². The summed E-state index contributed by atoms with van der Waals surface area (Å²) >= 11 is 0. The summed E-state index contributed by atoms with van der Waals surface area (Å²) in [5, 5.41) is 3.12. The van der Waals surface area contributed by atoms with Gasteiger partial charge in [0.15, 0.2) is 0 Å². The van der Waals surface area contributed by atoms with Crippen LogP contribution in [0, 0.1) is 0 Å². The number of nitrogens with one attached hydrogen (secondary N) is 1. The van der Waals surface area contributed by atoms with E-state index in [0.717, 1.165) is 13.0 Å². The Morgan fingerprint density at radius 2 is 2.00 bits per heavy atom. The van der Waals surface area contributed by atoms with Gasteiger partial charge in [0.2, 0.25) is 0 Å². The van der Waals surface area contributed by atoms with Gasteiger partial charge in [-0.2, -0.15) is 0 Å². The van der Waals surface area contributed by atoms with Crippen molar-refractivity contribution in [3.8, 4) is 0 Å². The smallest absolute Gasteiger partial charge is 0.0202 e. The van der Waals surface area contributed by atoms with Crippen molar-refractivity contribution in [1.82, 2.24) is 5.32 Å². The second kappa shape index (κ2) is 6.35. The lowest BCUT2D eigenvalue weighted by Crippen LogP contribution is -2.04. The van der Waals surface area contributed by atoms with E-state index in [1.165, 1.54) is 11.1 Å². The highest BCUT2D eigenvalue weighted by molar-refractivity contribution is 5.49. The molecule has 0 atom stereocenters. The molecule has 76 valence electrons. The third-order valence-corrected chi connectivity index (χ3v) is 2.00. The van der Waals surface area contributed by atoms with Crippen molar-refractivity contribution in [2.24, 2.45) is 5.73 Å². The molecule has 1 rings (SSSR count). The maximum atomic E-state index is 5.40. The molecule has 0 aromatic heterocycles. The summed E-state index contributed by atoms with van der Waals surface area (Å²) in [5.41, 5.74) is 7.94. The minimum Gasteiger partial charge on any atom is -0.330 e. The molecular weight excluding hydrogens is 172 g/mol. The van der Waals surface area contributed by atoms with Gasteiger partial charge < -0.3 is 11.1 Å². The van der Waals surface area contributed by atoms with Crippen molar-refractivity contribution in [2.75, 3.05) is 13.6 Å². The van der Waals surface area contributed by atoms with Crippen LogP contribution in [0.3, 0.4) is 0 Å². The molecule has 0 aliphatic heterocycles. The molecule has 0 radical (unpaired) electrons. The fourth-order valence-electron chi connectivity index (χ4n) is 1.27. The molecule has 3 N–H and O–H groups in total. The van der Waals surface area contributed by atoms with E-state index < -0.39 is 0 Å². The lowest BCUT2D eigenvalue weighted by molar-refractivity contribution is 0.818. The highest BCUT2D eigenvalue weighted by Crippen LogP contribution is 2.06. The van der Waals surface area contributed by atoms with Gasteiger partial charge in [-0.05, 0) is 31.1 Å². The van der Waals surface area contributed by atoms with E-state index in [-0.39, 0.29) is 0 Å². The third-order valence-electron chi connectivity index (χ3n) is 2.00. The van der Waals surface area contributed by atoms with Crippen LogP contribution in [0.5, 0.6) is 0 Å². The predicted molar refractivity (Wildman–Crippen MR) is 61.9 cm³/mol. The minimum atomic E-state index is 0.717. The molecular formula is C12H18N2. The van der Waals surface area contributed by atoms with E-state index in [2.05, 4.69) is 41.7 Å². The van der Waals surface area contributed by atoms with Crippen LogP contribution < -0.4 is 11.1 Å². The minimum absolute atomic E-state index is 0.717. The zero-order valence-electron chi connectivity index (χ0n) is 8.66. The third kappa shape index (κ3) is 3.73. The summed E-state index contributed by atoms with van der Waals surface area (Å²) in [7, 11) is 1.95. The Bertz CT molecular complexity index is 275. The van der Waals surface area contributed by atoms with E-state index in [0.29, 0.717) is 6.54 Å². The molecule has 0 saturated heterocycles. The van der Waals surface area contributed by atoms with Gasteiger partial charge >= 0.3 is 0 Å². The second-order valence-corrected chi connectivity index (χ2v) is 3.25. The first-order valence-electron chi connectivity index (χ1n) is 4.97. The molecule has 0 amide bonds. The van der Waals surface area contributed by atoms with Crippen molar-refractivity contribution in [3.05, 3.63) is 41.5 Å². The van der Waals surface area contributed by atoms with Crippen molar-refractivity contribution >= 4 is 6.08 Å². The van der Waals surface area contributed by atoms with Crippen molar-refractivity contribution in [1.29, 1.82) is 0 Å². The van der Waals surface area contributed by atoms with Gasteiger partial charge in [0, 0.05) is 6.54 Å². The van der Waals surface area contributed by atoms with Gasteiger partial charge in [-0.1, -0.05) is 36.4 Å². The van der Waals surface area contributed by atoms with Gasteiger partial charge in [-0.25, -0.2) is 0 Å². The summed E-state index contributed by atoms with van der Waals surface area (Å²) in [6.07, 6.45) is 5.15. The molecule has 14 heavy (non-hydrogen) atoms. The van der Waals surface area contributed by atoms with Crippen LogP contribution in [-0.2, 0) is 6.54 Å². The molecule has 1 aromatic rings. The number of nitrogens with two attached hydrogens (primary N) is 1. The van der Waals surface area contributed by atoms with Gasteiger partial charge in [0.25, 0.3) is 0 Å². The molecule has 0 saturated carbocycles. The maximum absolute atomic E-state index is 5.40. The maximum Gasteiger partial charge on any atom is 0.0202 e. The number of rotatable bonds is 5. The SMILES string of the molecule is CNCc1ccc(C=CCCN)cc1. The van der Waals surface area contributed by atoms with E-state index in [9.17, 15) is 0 Å². The Morgan fingerprint density at radius 3 is 2.57 bits per heavy atom. The Hall–Kier alpha value is -1.12. The van der Waals surface area contributed by atoms with Crippen LogP contribution in [0.1, 0.15) is 17.5 Å². The van der Waals surface area contributed by atoms with Gasteiger partial charge in [0.05, 0.1) is 0 Å². The van der Waals surface area contributed by atoms with E-state index in [1.807, 2.05) is 7.05 Å². The first-order chi connectivity index (χ1) is 6.86. The second-order valence-electron chi connectivity index (χ2n) is 3.25. The molecule has 0 bridgehead atoms. The van der Waals surface area contributed by atoms with Gasteiger partial charge in [-0.3, -0.25) is 0 Å². The lowest BCUT2D eigenvalue weighted by Gasteiger charge is -1.99. The number of benzene rings is 1. The molecule has 0 aliphatic rings. The quantitative estimate of drug-likeness (QED) is 0.742. The molecule has 0 heterocycles. The highest BCUT2D eigenvalue weighted by Gasteiger charge is 1.89. The average Bonchev–Trinajstić information content (AvgIpc) is 2.21. The Kier molecular flexibility index (Phi) is 4.97. The first-order valence-corrected chi connectivity index (χ1v) is 4.97. The first kappa shape index (κ1) is 11.0. The van der Waals surface area contributed by atoms with E-state index in [1.54, 1.807) is 0 Å². The fourth-order valence-corrected chi connectivity index (χ4v) is 1.27. The average molecular weight is 190 g/mol.